The zero-order valence-electron chi connectivity index (χ0n) is 15.7. The molecule has 0 saturated heterocycles. The lowest BCUT2D eigenvalue weighted by molar-refractivity contribution is 0.601. The van der Waals surface area contributed by atoms with Gasteiger partial charge < -0.3 is 5.73 Å². The van der Waals surface area contributed by atoms with Crippen molar-refractivity contribution in [3.8, 4) is 5.69 Å². The fourth-order valence-electron chi connectivity index (χ4n) is 2.86. The van der Waals surface area contributed by atoms with Gasteiger partial charge in [0.1, 0.15) is 11.0 Å². The van der Waals surface area contributed by atoms with Crippen LogP contribution >= 0.6 is 15.9 Å². The monoisotopic (exact) mass is 471 g/mol. The second-order valence-electron chi connectivity index (χ2n) is 6.74. The molecule has 4 aromatic rings. The molecule has 0 bridgehead atoms. The number of rotatable bonds is 4. The molecule has 0 amide bonds. The van der Waals surface area contributed by atoms with Crippen molar-refractivity contribution in [3.63, 3.8) is 0 Å². The summed E-state index contributed by atoms with van der Waals surface area (Å²) in [5, 5.41) is 8.93. The van der Waals surface area contributed by atoms with Crippen LogP contribution in [0.4, 0.5) is 11.4 Å². The quantitative estimate of drug-likeness (QED) is 0.434. The van der Waals surface area contributed by atoms with Crippen LogP contribution in [0.5, 0.6) is 0 Å². The Morgan fingerprint density at radius 3 is 2.31 bits per heavy atom. The Morgan fingerprint density at radius 2 is 1.66 bits per heavy atom. The molecule has 3 N–H and O–H groups in total. The highest BCUT2D eigenvalue weighted by Crippen LogP contribution is 2.30. The number of anilines is 2. The van der Waals surface area contributed by atoms with Crippen LogP contribution in [0, 0.1) is 13.8 Å². The Kier molecular flexibility index (Phi) is 4.79. The van der Waals surface area contributed by atoms with E-state index in [-0.39, 0.29) is 4.90 Å². The minimum atomic E-state index is -3.69. The van der Waals surface area contributed by atoms with Crippen LogP contribution in [0.3, 0.4) is 0 Å². The van der Waals surface area contributed by atoms with Crippen LogP contribution in [-0.4, -0.2) is 23.4 Å². The molecule has 29 heavy (non-hydrogen) atoms. The predicted octanol–water partition coefficient (Wildman–Crippen LogP) is 4.18. The Labute approximate surface area is 176 Å². The first-order valence-corrected chi connectivity index (χ1v) is 11.0. The summed E-state index contributed by atoms with van der Waals surface area (Å²) in [6, 6.07) is 15.4. The SMILES string of the molecule is Cc1ccc(NS(=O)(=O)c2ccc(-n3nc4cc(C)c(N)c(Br)c4n3)cc2)cc1. The van der Waals surface area contributed by atoms with E-state index in [9.17, 15) is 8.42 Å². The van der Waals surface area contributed by atoms with E-state index in [2.05, 4.69) is 30.8 Å². The zero-order chi connectivity index (χ0) is 20.8. The Bertz CT molecular complexity index is 1310. The van der Waals surface area contributed by atoms with Crippen LogP contribution in [0.25, 0.3) is 16.7 Å². The summed E-state index contributed by atoms with van der Waals surface area (Å²) in [7, 11) is -3.69. The Morgan fingerprint density at radius 1 is 1.00 bits per heavy atom. The molecule has 0 atom stereocenters. The molecule has 0 saturated carbocycles. The van der Waals surface area contributed by atoms with Crippen LogP contribution < -0.4 is 10.5 Å². The van der Waals surface area contributed by atoms with Crippen LogP contribution in [-0.2, 0) is 10.0 Å². The van der Waals surface area contributed by atoms with Crippen LogP contribution in [0.2, 0.25) is 0 Å². The van der Waals surface area contributed by atoms with Gasteiger partial charge in [-0.25, -0.2) is 8.42 Å². The molecule has 4 rings (SSSR count). The standard InChI is InChI=1S/C20H18BrN5O2S/c1-12-3-5-14(6-4-12)25-29(27,28)16-9-7-15(8-10-16)26-23-17-11-13(2)19(22)18(21)20(17)24-26/h3-11,25H,22H2,1-2H3. The maximum absolute atomic E-state index is 12.6. The van der Waals surface area contributed by atoms with Crippen LogP contribution in [0.1, 0.15) is 11.1 Å². The van der Waals surface area contributed by atoms with E-state index in [0.29, 0.717) is 32.6 Å². The van der Waals surface area contributed by atoms with Gasteiger partial charge in [-0.05, 0) is 77.8 Å². The molecule has 1 heterocycles. The van der Waals surface area contributed by atoms with Gasteiger partial charge in [-0.3, -0.25) is 4.72 Å². The molecule has 9 heteroatoms. The maximum atomic E-state index is 12.6. The normalized spacial score (nSPS) is 11.7. The molecule has 3 aromatic carbocycles. The minimum absolute atomic E-state index is 0.153. The van der Waals surface area contributed by atoms with Crippen molar-refractivity contribution < 1.29 is 8.42 Å². The maximum Gasteiger partial charge on any atom is 0.261 e. The summed E-state index contributed by atoms with van der Waals surface area (Å²) in [6.07, 6.45) is 0. The Balaban J connectivity index is 1.64. The van der Waals surface area contributed by atoms with Crippen molar-refractivity contribution >= 4 is 48.4 Å². The number of aryl methyl sites for hydroxylation is 2. The summed E-state index contributed by atoms with van der Waals surface area (Å²) in [4.78, 5) is 1.61. The van der Waals surface area contributed by atoms with E-state index in [0.717, 1.165) is 11.1 Å². The molecule has 0 radical (unpaired) electrons. The van der Waals surface area contributed by atoms with Crippen molar-refractivity contribution in [1.82, 2.24) is 15.0 Å². The number of sulfonamides is 1. The number of aromatic nitrogens is 3. The van der Waals surface area contributed by atoms with Crippen molar-refractivity contribution in [1.29, 1.82) is 0 Å². The van der Waals surface area contributed by atoms with Crippen molar-refractivity contribution in [3.05, 3.63) is 70.2 Å². The zero-order valence-corrected chi connectivity index (χ0v) is 18.1. The molecule has 7 nitrogen and oxygen atoms in total. The van der Waals surface area contributed by atoms with Crippen molar-refractivity contribution in [2.75, 3.05) is 10.5 Å². The average Bonchev–Trinajstić information content (AvgIpc) is 3.12. The van der Waals surface area contributed by atoms with Gasteiger partial charge in [0.05, 0.1) is 20.7 Å². The molecule has 148 valence electrons. The van der Waals surface area contributed by atoms with Gasteiger partial charge in [0.25, 0.3) is 10.0 Å². The number of nitrogens with one attached hydrogen (secondary N) is 1. The van der Waals surface area contributed by atoms with Crippen molar-refractivity contribution in [2.24, 2.45) is 0 Å². The molecule has 0 aliphatic heterocycles. The summed E-state index contributed by atoms with van der Waals surface area (Å²) in [6.45, 7) is 3.84. The lowest BCUT2D eigenvalue weighted by Crippen LogP contribution is -2.13. The molecular weight excluding hydrogens is 454 g/mol. The molecule has 0 unspecified atom stereocenters. The number of hydrogen-bond donors (Lipinski definition) is 2. The number of halogens is 1. The van der Waals surface area contributed by atoms with Crippen LogP contribution in [0.15, 0.2) is 64.0 Å². The third-order valence-electron chi connectivity index (χ3n) is 4.54. The molecule has 1 aromatic heterocycles. The van der Waals surface area contributed by atoms with E-state index >= 15 is 0 Å². The van der Waals surface area contributed by atoms with Gasteiger partial charge >= 0.3 is 0 Å². The first-order valence-electron chi connectivity index (χ1n) is 8.76. The van der Waals surface area contributed by atoms with E-state index in [1.165, 1.54) is 16.9 Å². The number of nitrogen functional groups attached to an aromatic ring is 1. The predicted molar refractivity (Wildman–Crippen MR) is 118 cm³/mol. The Hall–Kier alpha value is -2.91. The van der Waals surface area contributed by atoms with Gasteiger partial charge in [0, 0.05) is 5.69 Å². The smallest absolute Gasteiger partial charge is 0.261 e. The lowest BCUT2D eigenvalue weighted by atomic mass is 10.2. The fraction of sp³-hybridized carbons (Fsp3) is 0.100. The number of nitrogens with two attached hydrogens (primary N) is 1. The molecule has 0 fully saturated rings. The number of fused-ring (bicyclic) bond motifs is 1. The third-order valence-corrected chi connectivity index (χ3v) is 6.74. The third kappa shape index (κ3) is 3.70. The summed E-state index contributed by atoms with van der Waals surface area (Å²) in [5.74, 6) is 0. The molecule has 0 aliphatic carbocycles. The largest absolute Gasteiger partial charge is 0.398 e. The fourth-order valence-corrected chi connectivity index (χ4v) is 4.52. The highest BCUT2D eigenvalue weighted by molar-refractivity contribution is 9.10. The minimum Gasteiger partial charge on any atom is -0.398 e. The second-order valence-corrected chi connectivity index (χ2v) is 9.22. The van der Waals surface area contributed by atoms with E-state index in [4.69, 9.17) is 5.73 Å². The van der Waals surface area contributed by atoms with E-state index < -0.39 is 10.0 Å². The summed E-state index contributed by atoms with van der Waals surface area (Å²) >= 11 is 3.46. The van der Waals surface area contributed by atoms with E-state index in [1.54, 1.807) is 24.3 Å². The van der Waals surface area contributed by atoms with Crippen molar-refractivity contribution in [2.45, 2.75) is 18.7 Å². The van der Waals surface area contributed by atoms with Gasteiger partial charge in [0.2, 0.25) is 0 Å². The summed E-state index contributed by atoms with van der Waals surface area (Å²) < 4.78 is 28.5. The number of nitrogens with zero attached hydrogens (tertiary/aromatic N) is 3. The van der Waals surface area contributed by atoms with Gasteiger partial charge in [-0.15, -0.1) is 10.2 Å². The summed E-state index contributed by atoms with van der Waals surface area (Å²) in [5.41, 5.74) is 11.1. The average molecular weight is 472 g/mol. The van der Waals surface area contributed by atoms with E-state index in [1.807, 2.05) is 32.0 Å². The number of benzene rings is 3. The number of hydrogen-bond acceptors (Lipinski definition) is 5. The first-order chi connectivity index (χ1) is 13.7. The van der Waals surface area contributed by atoms with Gasteiger partial charge in [0.15, 0.2) is 0 Å². The molecule has 0 aliphatic rings. The molecule has 0 spiro atoms. The van der Waals surface area contributed by atoms with Gasteiger partial charge in [-0.1, -0.05) is 17.7 Å². The lowest BCUT2D eigenvalue weighted by Gasteiger charge is -2.09. The highest BCUT2D eigenvalue weighted by atomic mass is 79.9. The second kappa shape index (κ2) is 7.16. The topological polar surface area (TPSA) is 103 Å². The molecular formula is C20H18BrN5O2S. The highest BCUT2D eigenvalue weighted by Gasteiger charge is 2.16. The first kappa shape index (κ1) is 19.4. The van der Waals surface area contributed by atoms with Gasteiger partial charge in [-0.2, -0.15) is 4.80 Å².